The lowest BCUT2D eigenvalue weighted by molar-refractivity contribution is -0.126. The summed E-state index contributed by atoms with van der Waals surface area (Å²) in [6.07, 6.45) is -0.815. The normalized spacial score (nSPS) is 15.7. The molecule has 1 N–H and O–H groups in total. The van der Waals surface area contributed by atoms with Gasteiger partial charge in [0.25, 0.3) is 5.91 Å². The summed E-state index contributed by atoms with van der Waals surface area (Å²) in [5.74, 6) is -1.51. The van der Waals surface area contributed by atoms with Gasteiger partial charge < -0.3 is 4.74 Å². The minimum Gasteiger partial charge on any atom is -0.439 e. The van der Waals surface area contributed by atoms with E-state index in [0.717, 1.165) is 11.0 Å². The van der Waals surface area contributed by atoms with E-state index < -0.39 is 39.6 Å². The lowest BCUT2D eigenvalue weighted by Gasteiger charge is -2.22. The number of cyclic esters (lactones) is 1. The van der Waals surface area contributed by atoms with Crippen molar-refractivity contribution < 1.29 is 27.1 Å². The van der Waals surface area contributed by atoms with Crippen LogP contribution in [0.25, 0.3) is 0 Å². The fourth-order valence-electron chi connectivity index (χ4n) is 2.74. The van der Waals surface area contributed by atoms with E-state index >= 15 is 0 Å². The van der Waals surface area contributed by atoms with E-state index in [1.165, 1.54) is 18.2 Å². The van der Waals surface area contributed by atoms with Gasteiger partial charge in [0, 0.05) is 0 Å². The molecule has 3 rings (SSSR count). The molecule has 7 nitrogen and oxygen atoms in total. The van der Waals surface area contributed by atoms with Crippen molar-refractivity contribution in [3.63, 3.8) is 0 Å². The highest BCUT2D eigenvalue weighted by Crippen LogP contribution is 2.19. The predicted octanol–water partition coefficient (Wildman–Crippen LogP) is 1.97. The van der Waals surface area contributed by atoms with Gasteiger partial charge in [-0.25, -0.2) is 27.2 Å². The maximum Gasteiger partial charge on any atom is 0.417 e. The van der Waals surface area contributed by atoms with Crippen LogP contribution in [0.3, 0.4) is 0 Å². The molecule has 0 aromatic heterocycles. The van der Waals surface area contributed by atoms with Crippen LogP contribution in [0.1, 0.15) is 17.2 Å². The fraction of sp³-hybridized carbons (Fsp3) is 0.222. The van der Waals surface area contributed by atoms with Crippen molar-refractivity contribution >= 4 is 22.0 Å². The quantitative estimate of drug-likeness (QED) is 0.778. The van der Waals surface area contributed by atoms with Crippen LogP contribution in [0.2, 0.25) is 0 Å². The van der Waals surface area contributed by atoms with E-state index in [-0.39, 0.29) is 18.7 Å². The van der Waals surface area contributed by atoms with Crippen LogP contribution in [0.4, 0.5) is 9.18 Å². The zero-order chi connectivity index (χ0) is 19.4. The predicted molar refractivity (Wildman–Crippen MR) is 94.4 cm³/mol. The van der Waals surface area contributed by atoms with Crippen LogP contribution in [-0.2, 0) is 25.3 Å². The van der Waals surface area contributed by atoms with E-state index in [0.29, 0.717) is 5.56 Å². The molecule has 0 aliphatic carbocycles. The van der Waals surface area contributed by atoms with Crippen LogP contribution < -0.4 is 4.72 Å². The van der Waals surface area contributed by atoms with Crippen molar-refractivity contribution in [1.29, 1.82) is 0 Å². The van der Waals surface area contributed by atoms with Gasteiger partial charge in [0.1, 0.15) is 5.82 Å². The van der Waals surface area contributed by atoms with Crippen LogP contribution >= 0.6 is 0 Å². The molecule has 0 saturated carbocycles. The molecule has 142 valence electrons. The first kappa shape index (κ1) is 19.0. The molecule has 9 heteroatoms. The second-order valence-electron chi connectivity index (χ2n) is 6.03. The SMILES string of the molecule is O=C1COC(=O)N1CC(NS(=O)(=O)Cc1cccc(F)c1)c1ccccc1. The summed E-state index contributed by atoms with van der Waals surface area (Å²) in [6, 6.07) is 13.0. The number of imide groups is 1. The number of rotatable bonds is 7. The minimum atomic E-state index is -3.88. The van der Waals surface area contributed by atoms with Gasteiger partial charge in [0.2, 0.25) is 10.0 Å². The molecular weight excluding hydrogens is 375 g/mol. The molecular formula is C18H17FN2O5S. The number of sulfonamides is 1. The second kappa shape index (κ2) is 7.85. The maximum atomic E-state index is 13.3. The smallest absolute Gasteiger partial charge is 0.417 e. The molecule has 2 aromatic carbocycles. The first-order valence-electron chi connectivity index (χ1n) is 8.10. The third kappa shape index (κ3) is 4.89. The molecule has 1 saturated heterocycles. The molecule has 2 amide bonds. The number of hydrogen-bond donors (Lipinski definition) is 1. The van der Waals surface area contributed by atoms with Crippen molar-refractivity contribution in [3.8, 4) is 0 Å². The van der Waals surface area contributed by atoms with Gasteiger partial charge in [-0.1, -0.05) is 42.5 Å². The summed E-state index contributed by atoms with van der Waals surface area (Å²) < 4.78 is 45.6. The average molecular weight is 392 g/mol. The van der Waals surface area contributed by atoms with Gasteiger partial charge in [-0.2, -0.15) is 0 Å². The number of nitrogens with zero attached hydrogens (tertiary/aromatic N) is 1. The number of amides is 2. The molecule has 1 aliphatic heterocycles. The Balaban J connectivity index is 1.82. The second-order valence-corrected chi connectivity index (χ2v) is 7.78. The van der Waals surface area contributed by atoms with Crippen molar-refractivity contribution in [2.24, 2.45) is 0 Å². The summed E-state index contributed by atoms with van der Waals surface area (Å²) in [5.41, 5.74) is 0.860. The first-order chi connectivity index (χ1) is 12.8. The Labute approximate surface area is 155 Å². The molecule has 0 bridgehead atoms. The lowest BCUT2D eigenvalue weighted by Crippen LogP contribution is -2.40. The highest BCUT2D eigenvalue weighted by molar-refractivity contribution is 7.88. The number of nitrogens with one attached hydrogen (secondary N) is 1. The van der Waals surface area contributed by atoms with Gasteiger partial charge in [-0.05, 0) is 23.3 Å². The van der Waals surface area contributed by atoms with Crippen molar-refractivity contribution in [2.75, 3.05) is 13.2 Å². The highest BCUT2D eigenvalue weighted by Gasteiger charge is 2.34. The summed E-state index contributed by atoms with van der Waals surface area (Å²) in [6.45, 7) is -0.569. The molecule has 1 unspecified atom stereocenters. The van der Waals surface area contributed by atoms with Crippen molar-refractivity contribution in [3.05, 3.63) is 71.5 Å². The third-order valence-electron chi connectivity index (χ3n) is 3.98. The van der Waals surface area contributed by atoms with Gasteiger partial charge in [-0.3, -0.25) is 4.79 Å². The molecule has 1 aliphatic rings. The number of halogens is 1. The molecule has 0 spiro atoms. The zero-order valence-electron chi connectivity index (χ0n) is 14.2. The van der Waals surface area contributed by atoms with Gasteiger partial charge in [-0.15, -0.1) is 0 Å². The number of carbonyl (C=O) groups excluding carboxylic acids is 2. The van der Waals surface area contributed by atoms with E-state index in [4.69, 9.17) is 0 Å². The highest BCUT2D eigenvalue weighted by atomic mass is 32.2. The van der Waals surface area contributed by atoms with Crippen molar-refractivity contribution in [2.45, 2.75) is 11.8 Å². The van der Waals surface area contributed by atoms with Crippen LogP contribution in [0, 0.1) is 5.82 Å². The van der Waals surface area contributed by atoms with E-state index in [2.05, 4.69) is 9.46 Å². The maximum absolute atomic E-state index is 13.3. The summed E-state index contributed by atoms with van der Waals surface area (Å²) >= 11 is 0. The van der Waals surface area contributed by atoms with Crippen LogP contribution in [0.15, 0.2) is 54.6 Å². The Morgan fingerprint density at radius 2 is 1.85 bits per heavy atom. The van der Waals surface area contributed by atoms with E-state index in [9.17, 15) is 22.4 Å². The number of carbonyl (C=O) groups is 2. The fourth-order valence-corrected chi connectivity index (χ4v) is 4.09. The number of benzene rings is 2. The summed E-state index contributed by atoms with van der Waals surface area (Å²) in [4.78, 5) is 24.4. The molecule has 2 aromatic rings. The van der Waals surface area contributed by atoms with E-state index in [1.54, 1.807) is 30.3 Å². The standard InChI is InChI=1S/C18H17FN2O5S/c19-15-8-4-5-13(9-15)12-27(24,25)20-16(14-6-2-1-3-7-14)10-21-17(22)11-26-18(21)23/h1-9,16,20H,10-12H2. The monoisotopic (exact) mass is 392 g/mol. The Hall–Kier alpha value is -2.78. The Morgan fingerprint density at radius 3 is 2.48 bits per heavy atom. The minimum absolute atomic E-state index is 0.204. The topological polar surface area (TPSA) is 92.8 Å². The average Bonchev–Trinajstić information content (AvgIpc) is 2.93. The molecule has 1 heterocycles. The van der Waals surface area contributed by atoms with Gasteiger partial charge >= 0.3 is 6.09 Å². The summed E-state index contributed by atoms with van der Waals surface area (Å²) in [7, 11) is -3.88. The molecule has 27 heavy (non-hydrogen) atoms. The van der Waals surface area contributed by atoms with Crippen LogP contribution in [0.5, 0.6) is 0 Å². The molecule has 1 atom stereocenters. The largest absolute Gasteiger partial charge is 0.439 e. The van der Waals surface area contributed by atoms with Gasteiger partial charge in [0.05, 0.1) is 18.3 Å². The van der Waals surface area contributed by atoms with Gasteiger partial charge in [0.15, 0.2) is 6.61 Å². The number of hydrogen-bond acceptors (Lipinski definition) is 5. The first-order valence-corrected chi connectivity index (χ1v) is 9.76. The van der Waals surface area contributed by atoms with E-state index in [1.807, 2.05) is 0 Å². The third-order valence-corrected chi connectivity index (χ3v) is 5.33. The Kier molecular flexibility index (Phi) is 5.52. The Morgan fingerprint density at radius 1 is 1.11 bits per heavy atom. The lowest BCUT2D eigenvalue weighted by atomic mass is 10.1. The molecule has 0 radical (unpaired) electrons. The Bertz CT molecular complexity index is 933. The van der Waals surface area contributed by atoms with Crippen molar-refractivity contribution in [1.82, 2.24) is 9.62 Å². The zero-order valence-corrected chi connectivity index (χ0v) is 15.0. The van der Waals surface area contributed by atoms with Crippen LogP contribution in [-0.4, -0.2) is 38.5 Å². The summed E-state index contributed by atoms with van der Waals surface area (Å²) in [5, 5.41) is 0. The number of ether oxygens (including phenoxy) is 1. The molecule has 1 fully saturated rings.